The maximum atomic E-state index is 11.9. The standard InChI is InChI=1S/C21H19ClN2O3/c1-14-6-8-19(15(2)10-14)26-13-21(25)24-23-12-18-7-9-20(27-18)16-4-3-5-17(22)11-16/h3-12H,13H2,1-2H3,(H,24,25)/b23-12+. The second-order valence-corrected chi connectivity index (χ2v) is 6.50. The Morgan fingerprint density at radius 3 is 2.81 bits per heavy atom. The van der Waals surface area contributed by atoms with Crippen LogP contribution in [0.2, 0.25) is 5.02 Å². The molecule has 0 radical (unpaired) electrons. The zero-order valence-corrected chi connectivity index (χ0v) is 15.8. The molecule has 1 N–H and O–H groups in total. The van der Waals surface area contributed by atoms with E-state index in [1.807, 2.05) is 56.3 Å². The zero-order chi connectivity index (χ0) is 19.2. The number of carbonyl (C=O) groups is 1. The van der Waals surface area contributed by atoms with Crippen molar-refractivity contribution in [3.05, 3.63) is 76.5 Å². The molecule has 0 aliphatic heterocycles. The van der Waals surface area contributed by atoms with Gasteiger partial charge in [-0.05, 0) is 49.7 Å². The van der Waals surface area contributed by atoms with Crippen LogP contribution in [0.15, 0.2) is 64.1 Å². The van der Waals surface area contributed by atoms with Gasteiger partial charge in [0, 0.05) is 10.6 Å². The Bertz CT molecular complexity index is 979. The highest BCUT2D eigenvalue weighted by Crippen LogP contribution is 2.24. The van der Waals surface area contributed by atoms with E-state index in [1.54, 1.807) is 12.1 Å². The van der Waals surface area contributed by atoms with Crippen LogP contribution in [0.5, 0.6) is 5.75 Å². The average Bonchev–Trinajstić information content (AvgIpc) is 3.10. The number of carbonyl (C=O) groups excluding carboxylic acids is 1. The number of amides is 1. The minimum atomic E-state index is -0.354. The third-order valence-electron chi connectivity index (χ3n) is 3.81. The maximum absolute atomic E-state index is 11.9. The number of benzene rings is 2. The highest BCUT2D eigenvalue weighted by molar-refractivity contribution is 6.30. The molecule has 27 heavy (non-hydrogen) atoms. The van der Waals surface area contributed by atoms with Gasteiger partial charge in [-0.2, -0.15) is 5.10 Å². The smallest absolute Gasteiger partial charge is 0.277 e. The monoisotopic (exact) mass is 382 g/mol. The summed E-state index contributed by atoms with van der Waals surface area (Å²) in [7, 11) is 0. The summed E-state index contributed by atoms with van der Waals surface area (Å²) in [6.45, 7) is 3.82. The van der Waals surface area contributed by atoms with Gasteiger partial charge in [-0.1, -0.05) is 41.4 Å². The zero-order valence-electron chi connectivity index (χ0n) is 15.0. The summed E-state index contributed by atoms with van der Waals surface area (Å²) in [4.78, 5) is 11.9. The van der Waals surface area contributed by atoms with Crippen molar-refractivity contribution in [3.63, 3.8) is 0 Å². The Morgan fingerprint density at radius 1 is 1.19 bits per heavy atom. The number of furan rings is 1. The van der Waals surface area contributed by atoms with Crippen molar-refractivity contribution in [3.8, 4) is 17.1 Å². The second-order valence-electron chi connectivity index (χ2n) is 6.06. The van der Waals surface area contributed by atoms with E-state index >= 15 is 0 Å². The summed E-state index contributed by atoms with van der Waals surface area (Å²) in [5.74, 6) is 1.51. The molecule has 0 bridgehead atoms. The molecular formula is C21H19ClN2O3. The van der Waals surface area contributed by atoms with Crippen LogP contribution >= 0.6 is 11.6 Å². The minimum absolute atomic E-state index is 0.118. The molecule has 1 amide bonds. The molecule has 0 fully saturated rings. The van der Waals surface area contributed by atoms with Gasteiger partial charge in [0.25, 0.3) is 5.91 Å². The first-order chi connectivity index (χ1) is 13.0. The van der Waals surface area contributed by atoms with Gasteiger partial charge in [-0.15, -0.1) is 0 Å². The summed E-state index contributed by atoms with van der Waals surface area (Å²) < 4.78 is 11.2. The number of hydrogen-bond acceptors (Lipinski definition) is 4. The fourth-order valence-corrected chi connectivity index (χ4v) is 2.71. The average molecular weight is 383 g/mol. The van der Waals surface area contributed by atoms with Crippen LogP contribution < -0.4 is 10.2 Å². The Balaban J connectivity index is 1.52. The fourth-order valence-electron chi connectivity index (χ4n) is 2.52. The summed E-state index contributed by atoms with van der Waals surface area (Å²) in [5, 5.41) is 4.53. The van der Waals surface area contributed by atoms with Gasteiger partial charge < -0.3 is 9.15 Å². The lowest BCUT2D eigenvalue weighted by Gasteiger charge is -2.08. The molecule has 0 unspecified atom stereocenters. The first-order valence-corrected chi connectivity index (χ1v) is 8.77. The molecule has 2 aromatic carbocycles. The van der Waals surface area contributed by atoms with Crippen molar-refractivity contribution in [1.82, 2.24) is 5.43 Å². The van der Waals surface area contributed by atoms with Crippen molar-refractivity contribution >= 4 is 23.7 Å². The minimum Gasteiger partial charge on any atom is -0.483 e. The highest BCUT2D eigenvalue weighted by Gasteiger charge is 2.06. The maximum Gasteiger partial charge on any atom is 0.277 e. The first-order valence-electron chi connectivity index (χ1n) is 8.39. The molecule has 3 rings (SSSR count). The van der Waals surface area contributed by atoms with E-state index < -0.39 is 0 Å². The van der Waals surface area contributed by atoms with Crippen molar-refractivity contribution in [1.29, 1.82) is 0 Å². The molecule has 1 heterocycles. The quantitative estimate of drug-likeness (QED) is 0.494. The molecule has 1 aromatic heterocycles. The second kappa shape index (κ2) is 8.56. The summed E-state index contributed by atoms with van der Waals surface area (Å²) >= 11 is 5.98. The molecule has 0 aliphatic rings. The number of nitrogens with zero attached hydrogens (tertiary/aromatic N) is 1. The Labute approximate surface area is 162 Å². The van der Waals surface area contributed by atoms with Crippen LogP contribution in [-0.4, -0.2) is 18.7 Å². The van der Waals surface area contributed by atoms with Crippen LogP contribution in [0.25, 0.3) is 11.3 Å². The normalized spacial score (nSPS) is 10.9. The molecule has 138 valence electrons. The fraction of sp³-hybridized carbons (Fsp3) is 0.143. The molecule has 0 atom stereocenters. The molecule has 0 spiro atoms. The number of hydrazone groups is 1. The van der Waals surface area contributed by atoms with E-state index in [2.05, 4.69) is 10.5 Å². The van der Waals surface area contributed by atoms with Gasteiger partial charge in [-0.3, -0.25) is 4.79 Å². The number of aryl methyl sites for hydroxylation is 2. The predicted molar refractivity (Wildman–Crippen MR) is 106 cm³/mol. The highest BCUT2D eigenvalue weighted by atomic mass is 35.5. The summed E-state index contributed by atoms with van der Waals surface area (Å²) in [6.07, 6.45) is 1.43. The molecule has 0 saturated carbocycles. The van der Waals surface area contributed by atoms with Crippen molar-refractivity contribution in [2.75, 3.05) is 6.61 Å². The van der Waals surface area contributed by atoms with Crippen LogP contribution in [-0.2, 0) is 4.79 Å². The van der Waals surface area contributed by atoms with Gasteiger partial charge in [0.15, 0.2) is 6.61 Å². The molecule has 0 aliphatic carbocycles. The number of hydrogen-bond donors (Lipinski definition) is 1. The summed E-state index contributed by atoms with van der Waals surface area (Å²) in [6, 6.07) is 16.7. The molecule has 0 saturated heterocycles. The summed E-state index contributed by atoms with van der Waals surface area (Å²) in [5.41, 5.74) is 5.41. The Morgan fingerprint density at radius 2 is 2.04 bits per heavy atom. The third-order valence-corrected chi connectivity index (χ3v) is 4.04. The lowest BCUT2D eigenvalue weighted by molar-refractivity contribution is -0.123. The van der Waals surface area contributed by atoms with Gasteiger partial charge in [-0.25, -0.2) is 5.43 Å². The van der Waals surface area contributed by atoms with E-state index in [0.29, 0.717) is 22.3 Å². The molecule has 6 heteroatoms. The van der Waals surface area contributed by atoms with E-state index in [4.69, 9.17) is 20.8 Å². The van der Waals surface area contributed by atoms with Crippen LogP contribution in [0.4, 0.5) is 0 Å². The Kier molecular flexibility index (Phi) is 5.94. The number of nitrogens with one attached hydrogen (secondary N) is 1. The molecule has 5 nitrogen and oxygen atoms in total. The van der Waals surface area contributed by atoms with Crippen molar-refractivity contribution < 1.29 is 13.9 Å². The van der Waals surface area contributed by atoms with Gasteiger partial charge >= 0.3 is 0 Å². The van der Waals surface area contributed by atoms with Crippen LogP contribution in [0.1, 0.15) is 16.9 Å². The lowest BCUT2D eigenvalue weighted by Crippen LogP contribution is -2.24. The van der Waals surface area contributed by atoms with E-state index in [1.165, 1.54) is 6.21 Å². The van der Waals surface area contributed by atoms with E-state index in [-0.39, 0.29) is 12.5 Å². The first kappa shape index (κ1) is 18.7. The number of rotatable bonds is 6. The SMILES string of the molecule is Cc1ccc(OCC(=O)N/N=C/c2ccc(-c3cccc(Cl)c3)o2)c(C)c1. The topological polar surface area (TPSA) is 63.8 Å². The molecule has 3 aromatic rings. The predicted octanol–water partition coefficient (Wildman–Crippen LogP) is 4.75. The van der Waals surface area contributed by atoms with Crippen molar-refractivity contribution in [2.24, 2.45) is 5.10 Å². The van der Waals surface area contributed by atoms with Gasteiger partial charge in [0.2, 0.25) is 0 Å². The lowest BCUT2D eigenvalue weighted by atomic mass is 10.1. The van der Waals surface area contributed by atoms with Crippen LogP contribution in [0.3, 0.4) is 0 Å². The number of ether oxygens (including phenoxy) is 1. The van der Waals surface area contributed by atoms with E-state index in [9.17, 15) is 4.79 Å². The van der Waals surface area contributed by atoms with Crippen LogP contribution in [0, 0.1) is 13.8 Å². The largest absolute Gasteiger partial charge is 0.483 e. The van der Waals surface area contributed by atoms with Crippen molar-refractivity contribution in [2.45, 2.75) is 13.8 Å². The van der Waals surface area contributed by atoms with Gasteiger partial charge in [0.05, 0.1) is 6.21 Å². The molecular weight excluding hydrogens is 364 g/mol. The Hall–Kier alpha value is -3.05. The van der Waals surface area contributed by atoms with E-state index in [0.717, 1.165) is 16.7 Å². The van der Waals surface area contributed by atoms with Gasteiger partial charge in [0.1, 0.15) is 17.3 Å². The third kappa shape index (κ3) is 5.21. The number of halogens is 1.